The number of carbonyl (C=O) groups excluding carboxylic acids is 2. The quantitative estimate of drug-likeness (QED) is 0.547. The zero-order chi connectivity index (χ0) is 22.4. The summed E-state index contributed by atoms with van der Waals surface area (Å²) < 4.78 is 18.3. The third-order valence-electron chi connectivity index (χ3n) is 4.88. The number of aromatic nitrogens is 2. The van der Waals surface area contributed by atoms with Crippen LogP contribution in [0.5, 0.6) is 5.75 Å². The molecule has 2 aromatic carbocycles. The molecule has 9 heteroatoms. The summed E-state index contributed by atoms with van der Waals surface area (Å²) in [4.78, 5) is 25.4. The van der Waals surface area contributed by atoms with Crippen LogP contribution in [-0.4, -0.2) is 35.2 Å². The standard InChI is InChI=1S/C22H23FN4O3S/c1-4-13(2)18(24-19(28)14-5-9-16(23)10-6-14)20(29)25-22-27-26-21(31-22)15-7-11-17(30-3)12-8-15/h5-13,18H,4H2,1-3H3,(H,24,28)(H,25,27,29). The van der Waals surface area contributed by atoms with Crippen LogP contribution in [0.1, 0.15) is 30.6 Å². The number of rotatable bonds is 8. The summed E-state index contributed by atoms with van der Waals surface area (Å²) in [7, 11) is 1.59. The first-order valence-electron chi connectivity index (χ1n) is 9.76. The van der Waals surface area contributed by atoms with E-state index in [1.807, 2.05) is 38.1 Å². The molecule has 7 nitrogen and oxygen atoms in total. The molecule has 1 aromatic heterocycles. The van der Waals surface area contributed by atoms with Gasteiger partial charge in [-0.15, -0.1) is 10.2 Å². The second-order valence-corrected chi connectivity index (χ2v) is 7.95. The van der Waals surface area contributed by atoms with Crippen molar-refractivity contribution in [2.75, 3.05) is 12.4 Å². The van der Waals surface area contributed by atoms with Crippen molar-refractivity contribution < 1.29 is 18.7 Å². The van der Waals surface area contributed by atoms with E-state index in [0.29, 0.717) is 16.6 Å². The molecule has 2 atom stereocenters. The molecule has 0 aliphatic rings. The number of hydrogen-bond acceptors (Lipinski definition) is 6. The van der Waals surface area contributed by atoms with E-state index < -0.39 is 17.8 Å². The maximum Gasteiger partial charge on any atom is 0.251 e. The van der Waals surface area contributed by atoms with Crippen molar-refractivity contribution in [3.63, 3.8) is 0 Å². The third-order valence-corrected chi connectivity index (χ3v) is 5.77. The number of benzene rings is 2. The van der Waals surface area contributed by atoms with E-state index in [1.165, 1.54) is 35.6 Å². The molecule has 0 radical (unpaired) electrons. The number of nitrogens with zero attached hydrogens (tertiary/aromatic N) is 2. The van der Waals surface area contributed by atoms with Gasteiger partial charge in [0.25, 0.3) is 5.91 Å². The lowest BCUT2D eigenvalue weighted by Crippen LogP contribution is -2.47. The zero-order valence-corrected chi connectivity index (χ0v) is 18.2. The number of ether oxygens (including phenoxy) is 1. The second kappa shape index (κ2) is 10.1. The molecule has 2 unspecified atom stereocenters. The summed E-state index contributed by atoms with van der Waals surface area (Å²) in [5.74, 6) is -0.663. The van der Waals surface area contributed by atoms with E-state index >= 15 is 0 Å². The largest absolute Gasteiger partial charge is 0.497 e. The number of hydrogen-bond donors (Lipinski definition) is 2. The van der Waals surface area contributed by atoms with E-state index in [1.54, 1.807) is 7.11 Å². The predicted molar refractivity (Wildman–Crippen MR) is 118 cm³/mol. The van der Waals surface area contributed by atoms with Crippen molar-refractivity contribution in [1.29, 1.82) is 0 Å². The summed E-state index contributed by atoms with van der Waals surface area (Å²) in [6, 6.07) is 11.7. The van der Waals surface area contributed by atoms with Crippen LogP contribution in [-0.2, 0) is 4.79 Å². The molecule has 2 N–H and O–H groups in total. The van der Waals surface area contributed by atoms with Gasteiger partial charge in [0.15, 0.2) is 0 Å². The molecule has 0 bridgehead atoms. The van der Waals surface area contributed by atoms with Gasteiger partial charge in [0.2, 0.25) is 11.0 Å². The van der Waals surface area contributed by atoms with Crippen molar-refractivity contribution in [2.24, 2.45) is 5.92 Å². The molecule has 162 valence electrons. The number of anilines is 1. The first kappa shape index (κ1) is 22.4. The summed E-state index contributed by atoms with van der Waals surface area (Å²) in [5, 5.41) is 14.6. The number of methoxy groups -OCH3 is 1. The van der Waals surface area contributed by atoms with Gasteiger partial charge in [-0.3, -0.25) is 14.9 Å². The Morgan fingerprint density at radius 1 is 1.10 bits per heavy atom. The lowest BCUT2D eigenvalue weighted by atomic mass is 9.98. The highest BCUT2D eigenvalue weighted by atomic mass is 32.1. The first-order valence-corrected chi connectivity index (χ1v) is 10.6. The Balaban J connectivity index is 1.71. The molecule has 0 saturated carbocycles. The number of carbonyl (C=O) groups is 2. The number of nitrogens with one attached hydrogen (secondary N) is 2. The molecular weight excluding hydrogens is 419 g/mol. The Labute approximate surface area is 183 Å². The van der Waals surface area contributed by atoms with E-state index in [9.17, 15) is 14.0 Å². The van der Waals surface area contributed by atoms with E-state index in [0.717, 1.165) is 11.3 Å². The SMILES string of the molecule is CCC(C)C(NC(=O)c1ccc(F)cc1)C(=O)Nc1nnc(-c2ccc(OC)cc2)s1. The lowest BCUT2D eigenvalue weighted by Gasteiger charge is -2.23. The smallest absolute Gasteiger partial charge is 0.251 e. The highest BCUT2D eigenvalue weighted by molar-refractivity contribution is 7.18. The normalized spacial score (nSPS) is 12.6. The van der Waals surface area contributed by atoms with E-state index in [-0.39, 0.29) is 17.4 Å². The summed E-state index contributed by atoms with van der Waals surface area (Å²) >= 11 is 1.23. The van der Waals surface area contributed by atoms with Gasteiger partial charge in [0.1, 0.15) is 22.6 Å². The summed E-state index contributed by atoms with van der Waals surface area (Å²) in [5.41, 5.74) is 1.13. The average Bonchev–Trinajstić information content (AvgIpc) is 3.25. The molecule has 0 spiro atoms. The van der Waals surface area contributed by atoms with Gasteiger partial charge in [-0.1, -0.05) is 31.6 Å². The van der Waals surface area contributed by atoms with Gasteiger partial charge >= 0.3 is 0 Å². The Morgan fingerprint density at radius 3 is 2.39 bits per heavy atom. The average molecular weight is 443 g/mol. The fourth-order valence-corrected chi connectivity index (χ4v) is 3.59. The minimum Gasteiger partial charge on any atom is -0.497 e. The van der Waals surface area contributed by atoms with Crippen LogP contribution in [0.25, 0.3) is 10.6 Å². The van der Waals surface area contributed by atoms with Crippen LogP contribution in [0.4, 0.5) is 9.52 Å². The van der Waals surface area contributed by atoms with Gasteiger partial charge in [-0.2, -0.15) is 0 Å². The monoisotopic (exact) mass is 442 g/mol. The van der Waals surface area contributed by atoms with Crippen LogP contribution >= 0.6 is 11.3 Å². The predicted octanol–water partition coefficient (Wildman–Crippen LogP) is 4.14. The van der Waals surface area contributed by atoms with Crippen molar-refractivity contribution in [1.82, 2.24) is 15.5 Å². The highest BCUT2D eigenvalue weighted by Gasteiger charge is 2.27. The topological polar surface area (TPSA) is 93.2 Å². The molecule has 0 aliphatic heterocycles. The summed E-state index contributed by atoms with van der Waals surface area (Å²) in [6.45, 7) is 3.81. The van der Waals surface area contributed by atoms with E-state index in [2.05, 4.69) is 20.8 Å². The third kappa shape index (κ3) is 5.64. The fourth-order valence-electron chi connectivity index (χ4n) is 2.83. The van der Waals surface area contributed by atoms with E-state index in [4.69, 9.17) is 4.74 Å². The Morgan fingerprint density at radius 2 is 1.77 bits per heavy atom. The maximum atomic E-state index is 13.1. The summed E-state index contributed by atoms with van der Waals surface area (Å²) in [6.07, 6.45) is 0.676. The van der Waals surface area contributed by atoms with Crippen LogP contribution < -0.4 is 15.4 Å². The van der Waals surface area contributed by atoms with Gasteiger partial charge in [-0.05, 0) is 54.4 Å². The zero-order valence-electron chi connectivity index (χ0n) is 17.4. The van der Waals surface area contributed by atoms with Crippen LogP contribution in [0.3, 0.4) is 0 Å². The lowest BCUT2D eigenvalue weighted by molar-refractivity contribution is -0.119. The molecule has 0 fully saturated rings. The Kier molecular flexibility index (Phi) is 7.30. The van der Waals surface area contributed by atoms with Gasteiger partial charge in [0.05, 0.1) is 7.11 Å². The second-order valence-electron chi connectivity index (χ2n) is 6.97. The van der Waals surface area contributed by atoms with Crippen molar-refractivity contribution >= 4 is 28.3 Å². The Hall–Kier alpha value is -3.33. The van der Waals surface area contributed by atoms with Gasteiger partial charge < -0.3 is 10.1 Å². The molecule has 0 aliphatic carbocycles. The molecule has 3 aromatic rings. The maximum absolute atomic E-state index is 13.1. The van der Waals surface area contributed by atoms with Crippen molar-refractivity contribution in [3.05, 3.63) is 59.9 Å². The van der Waals surface area contributed by atoms with Crippen LogP contribution in [0.15, 0.2) is 48.5 Å². The minimum absolute atomic E-state index is 0.127. The fraction of sp³-hybridized carbons (Fsp3) is 0.273. The molecule has 0 saturated heterocycles. The molecule has 2 amide bonds. The van der Waals surface area contributed by atoms with Gasteiger partial charge in [-0.25, -0.2) is 4.39 Å². The molecule has 31 heavy (non-hydrogen) atoms. The number of halogens is 1. The van der Waals surface area contributed by atoms with Crippen molar-refractivity contribution in [3.8, 4) is 16.3 Å². The van der Waals surface area contributed by atoms with Crippen LogP contribution in [0, 0.1) is 11.7 Å². The highest BCUT2D eigenvalue weighted by Crippen LogP contribution is 2.28. The minimum atomic E-state index is -0.782. The first-order chi connectivity index (χ1) is 14.9. The van der Waals surface area contributed by atoms with Gasteiger partial charge in [0, 0.05) is 11.1 Å². The molecular formula is C22H23FN4O3S. The van der Waals surface area contributed by atoms with Crippen LogP contribution in [0.2, 0.25) is 0 Å². The number of amides is 2. The Bertz CT molecular complexity index is 1040. The van der Waals surface area contributed by atoms with Crippen molar-refractivity contribution in [2.45, 2.75) is 26.3 Å². The molecule has 1 heterocycles. The molecule has 3 rings (SSSR count).